The van der Waals surface area contributed by atoms with Gasteiger partial charge in [-0.3, -0.25) is 4.98 Å². The molecule has 240 valence electrons. The summed E-state index contributed by atoms with van der Waals surface area (Å²) in [4.78, 5) is 4.98. The van der Waals surface area contributed by atoms with Gasteiger partial charge in [-0.25, -0.2) is 0 Å². The highest BCUT2D eigenvalue weighted by Gasteiger charge is 2.50. The van der Waals surface area contributed by atoms with Crippen molar-refractivity contribution in [2.75, 3.05) is 0 Å². The number of allylic oxidation sites excluding steroid dienone is 4. The van der Waals surface area contributed by atoms with E-state index in [0.717, 1.165) is 61.7 Å². The monoisotopic (exact) mass is 646 g/mol. The van der Waals surface area contributed by atoms with Crippen LogP contribution in [0.5, 0.6) is 11.5 Å². The van der Waals surface area contributed by atoms with Crippen LogP contribution in [0.4, 0.5) is 0 Å². The summed E-state index contributed by atoms with van der Waals surface area (Å²) in [7, 11) is 0. The van der Waals surface area contributed by atoms with E-state index in [4.69, 9.17) is 20.5 Å². The number of hydrogen-bond acceptors (Lipinski definition) is 5. The highest BCUT2D eigenvalue weighted by atomic mass is 16.5. The molecule has 0 saturated carbocycles. The Morgan fingerprint density at radius 1 is 0.600 bits per heavy atom. The number of fused-ring (bicyclic) bond motifs is 2. The lowest BCUT2D eigenvalue weighted by Gasteiger charge is -2.45. The number of para-hydroxylation sites is 1. The van der Waals surface area contributed by atoms with Crippen LogP contribution in [0.25, 0.3) is 22.3 Å². The maximum absolute atomic E-state index is 8.74. The van der Waals surface area contributed by atoms with Gasteiger partial charge in [-0.05, 0) is 100 Å². The topological polar surface area (TPSA) is 81.9 Å². The van der Waals surface area contributed by atoms with Crippen LogP contribution in [0.2, 0.25) is 0 Å². The number of aromatic nitrogens is 1. The van der Waals surface area contributed by atoms with Gasteiger partial charge in [0.1, 0.15) is 11.5 Å². The number of nitrogens with zero attached hydrogens (tertiary/aromatic N) is 1. The van der Waals surface area contributed by atoms with E-state index >= 15 is 0 Å². The SMILES string of the molecule is N=C(/C=C\C(=N)c1cccc(-c2cccc(-c3ccc4c(c3)C(c3ccccn3)(C3C=CC=CN3)c3ccccc3O4)c2)c1)c1ccccc1. The molecule has 0 fully saturated rings. The summed E-state index contributed by atoms with van der Waals surface area (Å²) >= 11 is 0. The first kappa shape index (κ1) is 30.7. The van der Waals surface area contributed by atoms with Crippen LogP contribution >= 0.6 is 0 Å². The van der Waals surface area contributed by atoms with Gasteiger partial charge in [-0.1, -0.05) is 109 Å². The van der Waals surface area contributed by atoms with E-state index in [0.29, 0.717) is 11.4 Å². The first-order chi connectivity index (χ1) is 24.6. The lowest BCUT2D eigenvalue weighted by atomic mass is 9.64. The summed E-state index contributed by atoms with van der Waals surface area (Å²) in [5.41, 5.74) is 8.90. The molecule has 3 heterocycles. The lowest BCUT2D eigenvalue weighted by Crippen LogP contribution is -2.50. The first-order valence-electron chi connectivity index (χ1n) is 16.7. The number of dihydropyridines is 1. The molecule has 0 saturated heterocycles. The second kappa shape index (κ2) is 13.1. The number of benzene rings is 5. The van der Waals surface area contributed by atoms with Gasteiger partial charge in [-0.2, -0.15) is 0 Å². The Morgan fingerprint density at radius 2 is 1.26 bits per heavy atom. The maximum atomic E-state index is 8.74. The molecule has 0 bridgehead atoms. The van der Waals surface area contributed by atoms with E-state index in [1.54, 1.807) is 12.2 Å². The fraction of sp³-hybridized carbons (Fsp3) is 0.0444. The van der Waals surface area contributed by atoms with Crippen molar-refractivity contribution in [3.63, 3.8) is 0 Å². The van der Waals surface area contributed by atoms with E-state index in [2.05, 4.69) is 90.3 Å². The largest absolute Gasteiger partial charge is 0.457 e. The molecule has 8 rings (SSSR count). The second-order valence-corrected chi connectivity index (χ2v) is 12.4. The van der Waals surface area contributed by atoms with Gasteiger partial charge in [0.2, 0.25) is 0 Å². The van der Waals surface area contributed by atoms with Crippen LogP contribution < -0.4 is 10.1 Å². The Hall–Kier alpha value is -6.59. The number of nitrogens with one attached hydrogen (secondary N) is 3. The quantitative estimate of drug-likeness (QED) is 0.144. The standard InChI is InChI=1S/C45H34N4O/c46-39(31-12-2-1-3-13-31)23-24-40(47)36-17-11-16-34(29-36)32-14-10-15-33(28-32)35-22-25-42-38(30-35)45(43-20-6-8-26-48-43,44-21-7-9-27-49-44)37-18-4-5-19-41(37)50-42/h1-30,43,46-48H/b24-23-,46-39?,47-40?. The van der Waals surface area contributed by atoms with Crippen molar-refractivity contribution in [1.82, 2.24) is 10.3 Å². The highest BCUT2D eigenvalue weighted by molar-refractivity contribution is 6.14. The van der Waals surface area contributed by atoms with E-state index < -0.39 is 5.41 Å². The van der Waals surface area contributed by atoms with Gasteiger partial charge in [-0.15, -0.1) is 0 Å². The Kier molecular flexibility index (Phi) is 8.07. The summed E-state index contributed by atoms with van der Waals surface area (Å²) in [6, 6.07) is 46.8. The molecule has 5 aromatic carbocycles. The van der Waals surface area contributed by atoms with E-state index in [1.807, 2.05) is 85.2 Å². The normalized spacial score (nSPS) is 17.3. The van der Waals surface area contributed by atoms with Gasteiger partial charge in [0.25, 0.3) is 0 Å². The number of ether oxygens (including phenoxy) is 1. The number of hydrogen-bond donors (Lipinski definition) is 3. The van der Waals surface area contributed by atoms with Crippen LogP contribution in [0, 0.1) is 10.8 Å². The zero-order chi connectivity index (χ0) is 33.9. The van der Waals surface area contributed by atoms with E-state index in [1.165, 1.54) is 0 Å². The summed E-state index contributed by atoms with van der Waals surface area (Å²) in [6.45, 7) is 0. The Balaban J connectivity index is 1.18. The first-order valence-corrected chi connectivity index (χ1v) is 16.7. The molecule has 0 radical (unpaired) electrons. The van der Waals surface area contributed by atoms with Crippen LogP contribution in [0.15, 0.2) is 182 Å². The van der Waals surface area contributed by atoms with Gasteiger partial charge >= 0.3 is 0 Å². The van der Waals surface area contributed by atoms with Gasteiger partial charge in [0.05, 0.1) is 28.6 Å². The van der Waals surface area contributed by atoms with E-state index in [-0.39, 0.29) is 6.04 Å². The molecule has 6 aromatic rings. The average molecular weight is 647 g/mol. The molecule has 3 N–H and O–H groups in total. The third-order valence-corrected chi connectivity index (χ3v) is 9.46. The molecule has 5 heteroatoms. The summed E-state index contributed by atoms with van der Waals surface area (Å²) < 4.78 is 6.59. The Labute approximate surface area is 292 Å². The smallest absolute Gasteiger partial charge is 0.132 e. The van der Waals surface area contributed by atoms with Crippen LogP contribution in [-0.2, 0) is 5.41 Å². The van der Waals surface area contributed by atoms with Gasteiger partial charge in [0.15, 0.2) is 0 Å². The fourth-order valence-corrected chi connectivity index (χ4v) is 7.05. The molecule has 0 aliphatic carbocycles. The molecule has 2 atom stereocenters. The minimum atomic E-state index is -0.667. The van der Waals surface area contributed by atoms with Crippen molar-refractivity contribution in [2.24, 2.45) is 0 Å². The molecule has 2 unspecified atom stereocenters. The zero-order valence-corrected chi connectivity index (χ0v) is 27.3. The Morgan fingerprint density at radius 3 is 2.02 bits per heavy atom. The summed E-state index contributed by atoms with van der Waals surface area (Å²) in [6.07, 6.45) is 13.5. The number of pyridine rings is 1. The van der Waals surface area contributed by atoms with Crippen LogP contribution in [0.1, 0.15) is 27.9 Å². The molecule has 2 aliphatic rings. The summed E-state index contributed by atoms with van der Waals surface area (Å²) in [5, 5.41) is 20.8. The molecule has 50 heavy (non-hydrogen) atoms. The van der Waals surface area contributed by atoms with Crippen LogP contribution in [-0.4, -0.2) is 22.4 Å². The zero-order valence-electron chi connectivity index (χ0n) is 27.3. The van der Waals surface area contributed by atoms with Crippen molar-refractivity contribution in [3.8, 4) is 33.8 Å². The van der Waals surface area contributed by atoms with Crippen molar-refractivity contribution in [3.05, 3.63) is 210 Å². The molecule has 0 amide bonds. The van der Waals surface area contributed by atoms with Crippen molar-refractivity contribution in [1.29, 1.82) is 10.8 Å². The van der Waals surface area contributed by atoms with Crippen molar-refractivity contribution >= 4 is 11.4 Å². The third kappa shape index (κ3) is 5.55. The fourth-order valence-electron chi connectivity index (χ4n) is 7.05. The van der Waals surface area contributed by atoms with Crippen molar-refractivity contribution < 1.29 is 4.74 Å². The minimum Gasteiger partial charge on any atom is -0.457 e. The predicted octanol–water partition coefficient (Wildman–Crippen LogP) is 9.89. The average Bonchev–Trinajstić information content (AvgIpc) is 3.20. The molecule has 1 aromatic heterocycles. The molecule has 5 nitrogen and oxygen atoms in total. The lowest BCUT2D eigenvalue weighted by molar-refractivity contribution is 0.383. The summed E-state index contributed by atoms with van der Waals surface area (Å²) in [5.74, 6) is 1.63. The molecular weight excluding hydrogens is 613 g/mol. The second-order valence-electron chi connectivity index (χ2n) is 12.4. The van der Waals surface area contributed by atoms with Crippen molar-refractivity contribution in [2.45, 2.75) is 11.5 Å². The van der Waals surface area contributed by atoms with Gasteiger partial charge in [0, 0.05) is 17.3 Å². The van der Waals surface area contributed by atoms with Crippen LogP contribution in [0.3, 0.4) is 0 Å². The molecule has 2 aliphatic heterocycles. The molecule has 0 spiro atoms. The highest BCUT2D eigenvalue weighted by Crippen LogP contribution is 2.54. The minimum absolute atomic E-state index is 0.115. The number of rotatable bonds is 8. The van der Waals surface area contributed by atoms with Gasteiger partial charge < -0.3 is 20.9 Å². The van der Waals surface area contributed by atoms with E-state index in [9.17, 15) is 0 Å². The molecular formula is C45H34N4O. The third-order valence-electron chi connectivity index (χ3n) is 9.46. The predicted molar refractivity (Wildman–Crippen MR) is 202 cm³/mol. The Bertz CT molecular complexity index is 2320. The maximum Gasteiger partial charge on any atom is 0.132 e.